The van der Waals surface area contributed by atoms with Crippen molar-refractivity contribution in [1.29, 1.82) is 5.26 Å². The first kappa shape index (κ1) is 20.1. The topological polar surface area (TPSA) is 111 Å². The summed E-state index contributed by atoms with van der Waals surface area (Å²) in [5, 5.41) is 24.3. The van der Waals surface area contributed by atoms with Gasteiger partial charge in [0.15, 0.2) is 6.10 Å². The summed E-state index contributed by atoms with van der Waals surface area (Å²) in [5.41, 5.74) is 0.625. The minimum Gasteiger partial charge on any atom is -0.506 e. The van der Waals surface area contributed by atoms with E-state index in [1.54, 1.807) is 31.2 Å². The van der Waals surface area contributed by atoms with Crippen LogP contribution in [-0.2, 0) is 9.59 Å². The predicted molar refractivity (Wildman–Crippen MR) is 102 cm³/mol. The number of para-hydroxylation sites is 1. The molecule has 0 spiro atoms. The smallest absolute Gasteiger partial charge is 0.265 e. The lowest BCUT2D eigenvalue weighted by Gasteiger charge is -2.19. The van der Waals surface area contributed by atoms with E-state index < -0.39 is 12.0 Å². The van der Waals surface area contributed by atoms with Crippen LogP contribution in [0.5, 0.6) is 11.5 Å². The summed E-state index contributed by atoms with van der Waals surface area (Å²) in [4.78, 5) is 23.7. The van der Waals surface area contributed by atoms with Gasteiger partial charge in [-0.3, -0.25) is 9.59 Å². The fraction of sp³-hybridized carbons (Fsp3) is 0.211. The number of phenols is 1. The van der Waals surface area contributed by atoms with Crippen LogP contribution in [0, 0.1) is 11.3 Å². The number of nitrogens with one attached hydrogen (secondary N) is 2. The Hall–Kier alpha value is -3.24. The summed E-state index contributed by atoms with van der Waals surface area (Å²) in [6, 6.07) is 11.2. The highest BCUT2D eigenvalue weighted by atomic mass is 35.5. The lowest BCUT2D eigenvalue weighted by molar-refractivity contribution is -0.122. The Bertz CT molecular complexity index is 908. The van der Waals surface area contributed by atoms with E-state index in [0.29, 0.717) is 17.7 Å². The molecule has 0 heterocycles. The Labute approximate surface area is 161 Å². The van der Waals surface area contributed by atoms with E-state index in [-0.39, 0.29) is 28.1 Å². The SMILES string of the molecule is CCC(Oc1ccccc1C#N)C(=O)Nc1cc(O)c(NC(C)=O)cc1Cl. The molecule has 1 unspecified atom stereocenters. The van der Waals surface area contributed by atoms with E-state index in [2.05, 4.69) is 10.6 Å². The third-order valence-corrected chi connectivity index (χ3v) is 3.91. The van der Waals surface area contributed by atoms with Crippen molar-refractivity contribution in [3.63, 3.8) is 0 Å². The number of anilines is 2. The Morgan fingerprint density at radius 1 is 1.26 bits per heavy atom. The highest BCUT2D eigenvalue weighted by Crippen LogP contribution is 2.34. The molecule has 1 atom stereocenters. The number of carbonyl (C=O) groups excluding carboxylic acids is 2. The lowest BCUT2D eigenvalue weighted by Crippen LogP contribution is -2.32. The first-order valence-electron chi connectivity index (χ1n) is 8.12. The van der Waals surface area contributed by atoms with Gasteiger partial charge in [-0.1, -0.05) is 30.7 Å². The second-order valence-corrected chi connectivity index (χ2v) is 6.05. The van der Waals surface area contributed by atoms with Crippen molar-refractivity contribution in [2.75, 3.05) is 10.6 Å². The van der Waals surface area contributed by atoms with Gasteiger partial charge in [0, 0.05) is 13.0 Å². The van der Waals surface area contributed by atoms with Gasteiger partial charge in [-0.25, -0.2) is 0 Å². The Morgan fingerprint density at radius 2 is 1.96 bits per heavy atom. The van der Waals surface area contributed by atoms with E-state index in [0.717, 1.165) is 0 Å². The molecule has 2 amide bonds. The first-order valence-corrected chi connectivity index (χ1v) is 8.50. The van der Waals surface area contributed by atoms with Crippen molar-refractivity contribution < 1.29 is 19.4 Å². The van der Waals surface area contributed by atoms with E-state index in [9.17, 15) is 14.7 Å². The second kappa shape index (κ2) is 8.92. The molecule has 0 bridgehead atoms. The number of benzene rings is 2. The van der Waals surface area contributed by atoms with Gasteiger partial charge >= 0.3 is 0 Å². The molecule has 2 aromatic carbocycles. The van der Waals surface area contributed by atoms with Gasteiger partial charge in [0.25, 0.3) is 5.91 Å². The standard InChI is InChI=1S/C19H18ClN3O4/c1-3-17(27-18-7-5-4-6-12(18)10-21)19(26)23-14-9-16(25)15(8-13(14)20)22-11(2)24/h4-9,17,25H,3H2,1-2H3,(H,22,24)(H,23,26). The van der Waals surface area contributed by atoms with Crippen LogP contribution in [0.4, 0.5) is 11.4 Å². The summed E-state index contributed by atoms with van der Waals surface area (Å²) < 4.78 is 5.67. The monoisotopic (exact) mass is 387 g/mol. The van der Waals surface area contributed by atoms with Crippen molar-refractivity contribution in [3.8, 4) is 17.6 Å². The highest BCUT2D eigenvalue weighted by molar-refractivity contribution is 6.34. The van der Waals surface area contributed by atoms with Crippen LogP contribution >= 0.6 is 11.6 Å². The molecule has 3 N–H and O–H groups in total. The van der Waals surface area contributed by atoms with Crippen molar-refractivity contribution >= 4 is 34.8 Å². The summed E-state index contributed by atoms with van der Waals surface area (Å²) in [6.45, 7) is 3.06. The Balaban J connectivity index is 2.18. The zero-order valence-electron chi connectivity index (χ0n) is 14.7. The highest BCUT2D eigenvalue weighted by Gasteiger charge is 2.21. The van der Waals surface area contributed by atoms with Crippen LogP contribution in [-0.4, -0.2) is 23.0 Å². The molecule has 0 aliphatic heterocycles. The van der Waals surface area contributed by atoms with Crippen LogP contribution in [0.2, 0.25) is 5.02 Å². The largest absolute Gasteiger partial charge is 0.506 e. The molecule has 27 heavy (non-hydrogen) atoms. The van der Waals surface area contributed by atoms with Crippen LogP contribution in [0.3, 0.4) is 0 Å². The number of halogens is 1. The average molecular weight is 388 g/mol. The number of ether oxygens (including phenoxy) is 1. The minimum atomic E-state index is -0.868. The fourth-order valence-corrected chi connectivity index (χ4v) is 2.51. The molecule has 0 saturated heterocycles. The third-order valence-electron chi connectivity index (χ3n) is 3.59. The molecule has 0 radical (unpaired) electrons. The van der Waals surface area contributed by atoms with Gasteiger partial charge < -0.3 is 20.5 Å². The third kappa shape index (κ3) is 5.12. The van der Waals surface area contributed by atoms with Crippen LogP contribution < -0.4 is 15.4 Å². The zero-order chi connectivity index (χ0) is 20.0. The van der Waals surface area contributed by atoms with Gasteiger partial charge in [-0.2, -0.15) is 5.26 Å². The van der Waals surface area contributed by atoms with Gasteiger partial charge in [-0.05, 0) is 24.6 Å². The molecule has 0 aliphatic carbocycles. The van der Waals surface area contributed by atoms with Gasteiger partial charge in [0.2, 0.25) is 5.91 Å². The number of aromatic hydroxyl groups is 1. The number of hydrogen-bond acceptors (Lipinski definition) is 5. The van der Waals surface area contributed by atoms with E-state index >= 15 is 0 Å². The van der Waals surface area contributed by atoms with Crippen molar-refractivity contribution in [2.45, 2.75) is 26.4 Å². The molecule has 140 valence electrons. The summed E-state index contributed by atoms with van der Waals surface area (Å²) in [7, 11) is 0. The first-order chi connectivity index (χ1) is 12.8. The van der Waals surface area contributed by atoms with E-state index in [1.807, 2.05) is 6.07 Å². The van der Waals surface area contributed by atoms with Crippen LogP contribution in [0.1, 0.15) is 25.8 Å². The number of hydrogen-bond donors (Lipinski definition) is 3. The maximum atomic E-state index is 12.5. The minimum absolute atomic E-state index is 0.136. The Morgan fingerprint density at radius 3 is 2.59 bits per heavy atom. The normalized spacial score (nSPS) is 11.2. The molecule has 2 rings (SSSR count). The number of nitrogens with zero attached hydrogens (tertiary/aromatic N) is 1. The molecular weight excluding hydrogens is 370 g/mol. The van der Waals surface area contributed by atoms with Crippen molar-refractivity contribution in [3.05, 3.63) is 47.0 Å². The average Bonchev–Trinajstić information content (AvgIpc) is 2.63. The predicted octanol–water partition coefficient (Wildman–Crippen LogP) is 3.67. The van der Waals surface area contributed by atoms with Gasteiger partial charge in [0.05, 0.1) is 22.0 Å². The van der Waals surface area contributed by atoms with Gasteiger partial charge in [0.1, 0.15) is 17.6 Å². The Kier molecular flexibility index (Phi) is 6.63. The zero-order valence-corrected chi connectivity index (χ0v) is 15.5. The van der Waals surface area contributed by atoms with Crippen LogP contribution in [0.15, 0.2) is 36.4 Å². The second-order valence-electron chi connectivity index (χ2n) is 5.64. The summed E-state index contributed by atoms with van der Waals surface area (Å²) in [6.07, 6.45) is -0.521. The van der Waals surface area contributed by atoms with E-state index in [1.165, 1.54) is 19.1 Å². The van der Waals surface area contributed by atoms with Crippen molar-refractivity contribution in [2.24, 2.45) is 0 Å². The summed E-state index contributed by atoms with van der Waals surface area (Å²) >= 11 is 6.12. The summed E-state index contributed by atoms with van der Waals surface area (Å²) in [5.74, 6) is -0.793. The molecule has 0 aliphatic rings. The number of nitriles is 1. The number of carbonyl (C=O) groups is 2. The lowest BCUT2D eigenvalue weighted by atomic mass is 10.2. The fourth-order valence-electron chi connectivity index (χ4n) is 2.30. The number of phenolic OH excluding ortho intramolecular Hbond substituents is 1. The molecule has 7 nitrogen and oxygen atoms in total. The molecule has 8 heteroatoms. The quantitative estimate of drug-likeness (QED) is 0.655. The molecule has 0 saturated carbocycles. The van der Waals surface area contributed by atoms with Crippen molar-refractivity contribution in [1.82, 2.24) is 0 Å². The maximum Gasteiger partial charge on any atom is 0.265 e. The molecular formula is C19H18ClN3O4. The molecule has 0 fully saturated rings. The molecule has 2 aromatic rings. The number of amides is 2. The van der Waals surface area contributed by atoms with Gasteiger partial charge in [-0.15, -0.1) is 0 Å². The van der Waals surface area contributed by atoms with Crippen LogP contribution in [0.25, 0.3) is 0 Å². The maximum absolute atomic E-state index is 12.5. The number of rotatable bonds is 6. The molecule has 0 aromatic heterocycles. The van der Waals surface area contributed by atoms with E-state index in [4.69, 9.17) is 21.6 Å².